The largest absolute Gasteiger partial charge is 0.313 e. The Labute approximate surface area is 101 Å². The highest BCUT2D eigenvalue weighted by Crippen LogP contribution is 2.37. The van der Waals surface area contributed by atoms with E-state index in [9.17, 15) is 0 Å². The highest BCUT2D eigenvalue weighted by Gasteiger charge is 2.13. The van der Waals surface area contributed by atoms with E-state index >= 15 is 0 Å². The van der Waals surface area contributed by atoms with Crippen LogP contribution < -0.4 is 5.32 Å². The van der Waals surface area contributed by atoms with Crippen molar-refractivity contribution in [2.45, 2.75) is 13.5 Å². The van der Waals surface area contributed by atoms with Crippen LogP contribution in [0.5, 0.6) is 0 Å². The van der Waals surface area contributed by atoms with Gasteiger partial charge in [-0.2, -0.15) is 0 Å². The fraction of sp³-hybridized carbons (Fsp3) is 0.333. The lowest BCUT2D eigenvalue weighted by molar-refractivity contribution is 0.795. The number of halogens is 1. The molecule has 2 aromatic heterocycles. The van der Waals surface area contributed by atoms with Gasteiger partial charge in [-0.1, -0.05) is 22.9 Å². The Morgan fingerprint density at radius 2 is 2.27 bits per heavy atom. The summed E-state index contributed by atoms with van der Waals surface area (Å²) in [5.41, 5.74) is 1.10. The lowest BCUT2D eigenvalue weighted by atomic mass is 10.3. The van der Waals surface area contributed by atoms with Gasteiger partial charge in [-0.25, -0.2) is 0 Å². The van der Waals surface area contributed by atoms with Gasteiger partial charge in [0.25, 0.3) is 0 Å². The Balaban J connectivity index is 2.33. The number of hydrogen-bond acceptors (Lipinski definition) is 5. The molecule has 0 aliphatic heterocycles. The van der Waals surface area contributed by atoms with Crippen LogP contribution in [0.2, 0.25) is 5.02 Å². The molecule has 3 nitrogen and oxygen atoms in total. The molecule has 0 aliphatic rings. The zero-order valence-corrected chi connectivity index (χ0v) is 10.8. The summed E-state index contributed by atoms with van der Waals surface area (Å²) in [5, 5.41) is 16.0. The minimum atomic E-state index is 0.750. The number of thiophene rings is 1. The van der Waals surface area contributed by atoms with Gasteiger partial charge >= 0.3 is 0 Å². The molecule has 6 heteroatoms. The van der Waals surface area contributed by atoms with Crippen LogP contribution in [0.15, 0.2) is 5.38 Å². The number of nitrogens with zero attached hydrogens (tertiary/aromatic N) is 2. The van der Waals surface area contributed by atoms with Crippen LogP contribution in [0, 0.1) is 6.92 Å². The molecule has 0 saturated carbocycles. The lowest BCUT2D eigenvalue weighted by Gasteiger charge is -1.91. The van der Waals surface area contributed by atoms with E-state index in [4.69, 9.17) is 11.6 Å². The van der Waals surface area contributed by atoms with Crippen molar-refractivity contribution in [3.63, 3.8) is 0 Å². The molecular weight excluding hydrogens is 250 g/mol. The standard InChI is InChI=1S/C9H10ClN3S2/c1-5-4-14-8(7(5)10)9-13-12-6(15-9)3-11-2/h4,11H,3H2,1-2H3. The first-order valence-corrected chi connectivity index (χ1v) is 6.50. The maximum atomic E-state index is 6.16. The van der Waals surface area contributed by atoms with E-state index in [1.54, 1.807) is 22.7 Å². The predicted molar refractivity (Wildman–Crippen MR) is 65.7 cm³/mol. The van der Waals surface area contributed by atoms with Crippen molar-refractivity contribution in [1.82, 2.24) is 15.5 Å². The van der Waals surface area contributed by atoms with Crippen molar-refractivity contribution >= 4 is 34.3 Å². The van der Waals surface area contributed by atoms with E-state index < -0.39 is 0 Å². The first kappa shape index (κ1) is 11.0. The molecule has 0 saturated heterocycles. The summed E-state index contributed by atoms with van der Waals surface area (Å²) < 4.78 is 0. The summed E-state index contributed by atoms with van der Waals surface area (Å²) in [4.78, 5) is 1.02. The second kappa shape index (κ2) is 4.57. The maximum absolute atomic E-state index is 6.16. The van der Waals surface area contributed by atoms with Crippen LogP contribution in [0.3, 0.4) is 0 Å². The highest BCUT2D eigenvalue weighted by molar-refractivity contribution is 7.21. The molecule has 1 N–H and O–H groups in total. The summed E-state index contributed by atoms with van der Waals surface area (Å²) in [7, 11) is 1.89. The van der Waals surface area contributed by atoms with Gasteiger partial charge in [-0.05, 0) is 24.9 Å². The van der Waals surface area contributed by atoms with Crippen molar-refractivity contribution in [2.75, 3.05) is 7.05 Å². The number of nitrogens with one attached hydrogen (secondary N) is 1. The normalized spacial score (nSPS) is 10.9. The summed E-state index contributed by atoms with van der Waals surface area (Å²) in [6, 6.07) is 0. The van der Waals surface area contributed by atoms with E-state index in [0.29, 0.717) is 0 Å². The van der Waals surface area contributed by atoms with Crippen molar-refractivity contribution in [3.05, 3.63) is 21.0 Å². The van der Waals surface area contributed by atoms with Gasteiger partial charge in [0, 0.05) is 6.54 Å². The highest BCUT2D eigenvalue weighted by atomic mass is 35.5. The fourth-order valence-electron chi connectivity index (χ4n) is 1.14. The summed E-state index contributed by atoms with van der Waals surface area (Å²) >= 11 is 9.36. The van der Waals surface area contributed by atoms with E-state index in [1.807, 2.05) is 19.4 Å². The zero-order valence-electron chi connectivity index (χ0n) is 8.37. The van der Waals surface area contributed by atoms with Crippen LogP contribution >= 0.6 is 34.3 Å². The van der Waals surface area contributed by atoms with Crippen molar-refractivity contribution in [3.8, 4) is 9.88 Å². The molecule has 2 rings (SSSR count). The van der Waals surface area contributed by atoms with Gasteiger partial charge in [-0.3, -0.25) is 0 Å². The molecule has 0 aromatic carbocycles. The summed E-state index contributed by atoms with van der Waals surface area (Å²) in [6.45, 7) is 2.75. The first-order valence-electron chi connectivity index (χ1n) is 4.43. The van der Waals surface area contributed by atoms with Gasteiger partial charge in [0.2, 0.25) is 0 Å². The molecular formula is C9H10ClN3S2. The van der Waals surface area contributed by atoms with Crippen molar-refractivity contribution in [2.24, 2.45) is 0 Å². The Morgan fingerprint density at radius 1 is 1.47 bits per heavy atom. The van der Waals surface area contributed by atoms with Crippen LogP contribution in [-0.4, -0.2) is 17.2 Å². The molecule has 80 valence electrons. The molecule has 0 radical (unpaired) electrons. The predicted octanol–water partition coefficient (Wildman–Crippen LogP) is 2.95. The Hall–Kier alpha value is -0.490. The third-order valence-corrected chi connectivity index (χ3v) is 4.66. The Kier molecular flexibility index (Phi) is 3.35. The third-order valence-electron chi connectivity index (χ3n) is 1.89. The average Bonchev–Trinajstić information content (AvgIpc) is 2.77. The topological polar surface area (TPSA) is 37.8 Å². The van der Waals surface area contributed by atoms with Gasteiger partial charge < -0.3 is 5.32 Å². The van der Waals surface area contributed by atoms with Gasteiger partial charge in [0.15, 0.2) is 5.01 Å². The quantitative estimate of drug-likeness (QED) is 0.921. The van der Waals surface area contributed by atoms with Crippen LogP contribution in [0.4, 0.5) is 0 Å². The summed E-state index contributed by atoms with van der Waals surface area (Å²) in [6.07, 6.45) is 0. The third kappa shape index (κ3) is 2.20. The molecule has 15 heavy (non-hydrogen) atoms. The van der Waals surface area contributed by atoms with Crippen LogP contribution in [-0.2, 0) is 6.54 Å². The molecule has 2 aromatic rings. The van der Waals surface area contributed by atoms with E-state index in [0.717, 1.165) is 32.0 Å². The monoisotopic (exact) mass is 259 g/mol. The van der Waals surface area contributed by atoms with Gasteiger partial charge in [-0.15, -0.1) is 21.5 Å². The molecule has 0 fully saturated rings. The molecule has 0 aliphatic carbocycles. The van der Waals surface area contributed by atoms with Crippen LogP contribution in [0.25, 0.3) is 9.88 Å². The van der Waals surface area contributed by atoms with E-state index in [2.05, 4.69) is 15.5 Å². The van der Waals surface area contributed by atoms with E-state index in [-0.39, 0.29) is 0 Å². The van der Waals surface area contributed by atoms with E-state index in [1.165, 1.54) is 0 Å². The smallest absolute Gasteiger partial charge is 0.159 e. The molecule has 2 heterocycles. The SMILES string of the molecule is CNCc1nnc(-c2scc(C)c2Cl)s1. The second-order valence-electron chi connectivity index (χ2n) is 3.09. The fourth-order valence-corrected chi connectivity index (χ4v) is 3.43. The minimum Gasteiger partial charge on any atom is -0.313 e. The number of hydrogen-bond donors (Lipinski definition) is 1. The maximum Gasteiger partial charge on any atom is 0.159 e. The van der Waals surface area contributed by atoms with Crippen molar-refractivity contribution < 1.29 is 0 Å². The number of rotatable bonds is 3. The Morgan fingerprint density at radius 3 is 2.87 bits per heavy atom. The lowest BCUT2D eigenvalue weighted by Crippen LogP contribution is -2.04. The zero-order chi connectivity index (χ0) is 10.8. The molecule has 0 spiro atoms. The molecule has 0 atom stereocenters. The molecule has 0 bridgehead atoms. The average molecular weight is 260 g/mol. The van der Waals surface area contributed by atoms with Gasteiger partial charge in [0.1, 0.15) is 5.01 Å². The second-order valence-corrected chi connectivity index (χ2v) is 5.41. The van der Waals surface area contributed by atoms with Gasteiger partial charge in [0.05, 0.1) is 9.90 Å². The Bertz CT molecular complexity index is 464. The minimum absolute atomic E-state index is 0.750. The van der Waals surface area contributed by atoms with Crippen molar-refractivity contribution in [1.29, 1.82) is 0 Å². The first-order chi connectivity index (χ1) is 7.22. The van der Waals surface area contributed by atoms with Crippen LogP contribution in [0.1, 0.15) is 10.6 Å². The molecule has 0 unspecified atom stereocenters. The summed E-state index contributed by atoms with van der Waals surface area (Å²) in [5.74, 6) is 0. The number of aromatic nitrogens is 2. The molecule has 0 amide bonds. The number of aryl methyl sites for hydroxylation is 1.